The summed E-state index contributed by atoms with van der Waals surface area (Å²) >= 11 is 0. The molecule has 0 heterocycles. The first-order valence-electron chi connectivity index (χ1n) is 8.80. The van der Waals surface area contributed by atoms with Crippen LogP contribution in [-0.2, 0) is 0 Å². The van der Waals surface area contributed by atoms with Gasteiger partial charge in [-0.15, -0.1) is 0 Å². The van der Waals surface area contributed by atoms with E-state index in [0.29, 0.717) is 6.04 Å². The lowest BCUT2D eigenvalue weighted by molar-refractivity contribution is 0.0648. The lowest BCUT2D eigenvalue weighted by Crippen LogP contribution is -2.41. The van der Waals surface area contributed by atoms with Crippen molar-refractivity contribution >= 4 is 5.91 Å². The molecule has 3 heteroatoms. The molecule has 2 rings (SSSR count). The molecule has 3 nitrogen and oxygen atoms in total. The van der Waals surface area contributed by atoms with Crippen LogP contribution in [0.3, 0.4) is 0 Å². The van der Waals surface area contributed by atoms with Crippen molar-refractivity contribution in [1.82, 2.24) is 4.90 Å². The first-order valence-corrected chi connectivity index (χ1v) is 8.80. The van der Waals surface area contributed by atoms with Crippen molar-refractivity contribution < 1.29 is 9.53 Å². The second-order valence-corrected chi connectivity index (χ2v) is 6.11. The molecule has 1 saturated carbocycles. The van der Waals surface area contributed by atoms with Crippen molar-refractivity contribution in [1.29, 1.82) is 0 Å². The number of hydrogen-bond donors (Lipinski definition) is 0. The van der Waals surface area contributed by atoms with Crippen molar-refractivity contribution in [2.75, 3.05) is 13.2 Å². The molecule has 0 unspecified atom stereocenters. The van der Waals surface area contributed by atoms with Crippen LogP contribution in [0.4, 0.5) is 0 Å². The minimum absolute atomic E-state index is 0.162. The van der Waals surface area contributed by atoms with Crippen molar-refractivity contribution in [2.45, 2.75) is 64.8 Å². The maximum absolute atomic E-state index is 12.7. The van der Waals surface area contributed by atoms with Crippen molar-refractivity contribution in [3.63, 3.8) is 0 Å². The van der Waals surface area contributed by atoms with E-state index in [1.165, 1.54) is 19.3 Å². The number of hydrogen-bond acceptors (Lipinski definition) is 2. The van der Waals surface area contributed by atoms with Gasteiger partial charge in [0.2, 0.25) is 0 Å². The van der Waals surface area contributed by atoms with Gasteiger partial charge < -0.3 is 9.64 Å². The van der Waals surface area contributed by atoms with Gasteiger partial charge in [-0.3, -0.25) is 4.79 Å². The van der Waals surface area contributed by atoms with Gasteiger partial charge in [0.25, 0.3) is 5.91 Å². The highest BCUT2D eigenvalue weighted by Gasteiger charge is 2.24. The molecule has 1 aliphatic carbocycles. The summed E-state index contributed by atoms with van der Waals surface area (Å²) in [6, 6.07) is 8.05. The molecule has 0 radical (unpaired) electrons. The van der Waals surface area contributed by atoms with Gasteiger partial charge in [0, 0.05) is 18.2 Å². The number of benzene rings is 1. The zero-order chi connectivity index (χ0) is 15.8. The van der Waals surface area contributed by atoms with E-state index in [2.05, 4.69) is 13.8 Å². The molecule has 0 saturated heterocycles. The number of amides is 1. The van der Waals surface area contributed by atoms with E-state index in [9.17, 15) is 4.79 Å². The van der Waals surface area contributed by atoms with Crippen LogP contribution in [0.15, 0.2) is 24.3 Å². The first-order chi connectivity index (χ1) is 10.8. The summed E-state index contributed by atoms with van der Waals surface area (Å²) in [5.41, 5.74) is 0.773. The van der Waals surface area contributed by atoms with Crippen molar-refractivity contribution in [2.24, 2.45) is 0 Å². The number of nitrogens with zero attached hydrogens (tertiary/aromatic N) is 1. The van der Waals surface area contributed by atoms with Crippen LogP contribution in [0.1, 0.15) is 69.2 Å². The largest absolute Gasteiger partial charge is 0.494 e. The zero-order valence-corrected chi connectivity index (χ0v) is 14.0. The molecule has 0 spiro atoms. The van der Waals surface area contributed by atoms with Crippen LogP contribution in [0.5, 0.6) is 5.75 Å². The molecule has 0 N–H and O–H groups in total. The summed E-state index contributed by atoms with van der Waals surface area (Å²) in [5, 5.41) is 0. The van der Waals surface area contributed by atoms with E-state index in [1.807, 2.05) is 29.2 Å². The summed E-state index contributed by atoms with van der Waals surface area (Å²) in [7, 11) is 0. The van der Waals surface area contributed by atoms with E-state index in [1.54, 1.807) is 0 Å². The van der Waals surface area contributed by atoms with Crippen LogP contribution in [-0.4, -0.2) is 30.0 Å². The number of ether oxygens (including phenoxy) is 1. The van der Waals surface area contributed by atoms with Crippen molar-refractivity contribution in [3.8, 4) is 5.75 Å². The normalized spacial score (nSPS) is 15.5. The molecule has 0 aromatic heterocycles. The average Bonchev–Trinajstić information content (AvgIpc) is 2.57. The molecule has 1 aliphatic rings. The predicted octanol–water partition coefficient (Wildman–Crippen LogP) is 4.66. The minimum atomic E-state index is 0.162. The summed E-state index contributed by atoms with van der Waals surface area (Å²) in [6.45, 7) is 5.76. The predicted molar refractivity (Wildman–Crippen MR) is 90.4 cm³/mol. The van der Waals surface area contributed by atoms with Gasteiger partial charge in [-0.25, -0.2) is 0 Å². The van der Waals surface area contributed by atoms with Gasteiger partial charge in [0.15, 0.2) is 0 Å². The summed E-state index contributed by atoms with van der Waals surface area (Å²) in [6.07, 6.45) is 8.30. The van der Waals surface area contributed by atoms with E-state index < -0.39 is 0 Å². The Hall–Kier alpha value is -1.51. The fourth-order valence-electron chi connectivity index (χ4n) is 3.15. The third kappa shape index (κ3) is 4.49. The van der Waals surface area contributed by atoms with Crippen LogP contribution < -0.4 is 4.74 Å². The molecule has 0 bridgehead atoms. The Labute approximate surface area is 134 Å². The maximum atomic E-state index is 12.7. The minimum Gasteiger partial charge on any atom is -0.494 e. The van der Waals surface area contributed by atoms with Crippen LogP contribution in [0, 0.1) is 0 Å². The number of carbonyl (C=O) groups excluding carboxylic acids is 1. The zero-order valence-electron chi connectivity index (χ0n) is 14.0. The Morgan fingerprint density at radius 1 is 1.14 bits per heavy atom. The van der Waals surface area contributed by atoms with Gasteiger partial charge in [0.1, 0.15) is 5.75 Å². The van der Waals surface area contributed by atoms with E-state index >= 15 is 0 Å². The molecule has 0 aliphatic heterocycles. The number of rotatable bonds is 7. The van der Waals surface area contributed by atoms with Gasteiger partial charge in [-0.1, -0.05) is 32.6 Å². The Morgan fingerprint density at radius 2 is 1.82 bits per heavy atom. The SMILES string of the molecule is CCCCOc1ccc(C(=O)N(CC)C2CCCCC2)cc1. The fourth-order valence-corrected chi connectivity index (χ4v) is 3.15. The highest BCUT2D eigenvalue weighted by atomic mass is 16.5. The molecule has 1 fully saturated rings. The van der Waals surface area contributed by atoms with Gasteiger partial charge >= 0.3 is 0 Å². The second-order valence-electron chi connectivity index (χ2n) is 6.11. The van der Waals surface area contributed by atoms with E-state index in [4.69, 9.17) is 4.74 Å². The van der Waals surface area contributed by atoms with Crippen LogP contribution in [0.25, 0.3) is 0 Å². The average molecular weight is 303 g/mol. The van der Waals surface area contributed by atoms with E-state index in [0.717, 1.165) is 50.1 Å². The molecular weight excluding hydrogens is 274 g/mol. The van der Waals surface area contributed by atoms with Gasteiger partial charge in [0.05, 0.1) is 6.61 Å². The van der Waals surface area contributed by atoms with E-state index in [-0.39, 0.29) is 5.91 Å². The fraction of sp³-hybridized carbons (Fsp3) is 0.632. The quantitative estimate of drug-likeness (QED) is 0.686. The highest BCUT2D eigenvalue weighted by Crippen LogP contribution is 2.24. The summed E-state index contributed by atoms with van der Waals surface area (Å²) in [5.74, 6) is 1.01. The Kier molecular flexibility index (Phi) is 6.75. The highest BCUT2D eigenvalue weighted by molar-refractivity contribution is 5.94. The molecule has 0 atom stereocenters. The molecule has 1 aromatic rings. The summed E-state index contributed by atoms with van der Waals surface area (Å²) in [4.78, 5) is 14.8. The van der Waals surface area contributed by atoms with Crippen LogP contribution in [0.2, 0.25) is 0 Å². The molecular formula is C19H29NO2. The Balaban J connectivity index is 1.97. The third-order valence-corrected chi connectivity index (χ3v) is 4.48. The molecule has 122 valence electrons. The standard InChI is InChI=1S/C19H29NO2/c1-3-5-15-22-18-13-11-16(12-14-18)19(21)20(4-2)17-9-7-6-8-10-17/h11-14,17H,3-10,15H2,1-2H3. The van der Waals surface area contributed by atoms with Gasteiger partial charge in [-0.05, 0) is 50.5 Å². The monoisotopic (exact) mass is 303 g/mol. The Bertz CT molecular complexity index is 449. The number of unbranched alkanes of at least 4 members (excludes halogenated alkanes) is 1. The Morgan fingerprint density at radius 3 is 2.41 bits per heavy atom. The second kappa shape index (κ2) is 8.82. The molecule has 1 aromatic carbocycles. The lowest BCUT2D eigenvalue weighted by Gasteiger charge is -2.33. The van der Waals surface area contributed by atoms with Crippen molar-refractivity contribution in [3.05, 3.63) is 29.8 Å². The number of carbonyl (C=O) groups is 1. The third-order valence-electron chi connectivity index (χ3n) is 4.48. The lowest BCUT2D eigenvalue weighted by atomic mass is 9.93. The maximum Gasteiger partial charge on any atom is 0.254 e. The summed E-state index contributed by atoms with van der Waals surface area (Å²) < 4.78 is 5.66. The van der Waals surface area contributed by atoms with Crippen LogP contribution >= 0.6 is 0 Å². The van der Waals surface area contributed by atoms with Gasteiger partial charge in [-0.2, -0.15) is 0 Å². The molecule has 1 amide bonds. The molecule has 22 heavy (non-hydrogen) atoms. The topological polar surface area (TPSA) is 29.5 Å². The first kappa shape index (κ1) is 16.9. The smallest absolute Gasteiger partial charge is 0.254 e.